The average Bonchev–Trinajstić information content (AvgIpc) is 2.53. The lowest BCUT2D eigenvalue weighted by Crippen LogP contribution is -2.17. The van der Waals surface area contributed by atoms with Gasteiger partial charge in [-0.3, -0.25) is 4.79 Å². The molecule has 0 saturated carbocycles. The number of benzene rings is 2. The third kappa shape index (κ3) is 3.93. The highest BCUT2D eigenvalue weighted by atomic mass is 16.1. The zero-order valence-electron chi connectivity index (χ0n) is 12.4. The lowest BCUT2D eigenvalue weighted by atomic mass is 10.1. The van der Waals surface area contributed by atoms with Crippen molar-refractivity contribution in [2.75, 3.05) is 7.05 Å². The molecule has 2 heteroatoms. The van der Waals surface area contributed by atoms with Crippen LogP contribution in [0.25, 0.3) is 17.7 Å². The SMILES string of the molecule is C=C(C)c1ccc(/C=C/c2ccc(C(=O)NC)cc2)cc1. The Hall–Kier alpha value is -2.61. The smallest absolute Gasteiger partial charge is 0.251 e. The Labute approximate surface area is 125 Å². The van der Waals surface area contributed by atoms with Crippen molar-refractivity contribution in [2.45, 2.75) is 6.92 Å². The Morgan fingerprint density at radius 3 is 1.71 bits per heavy atom. The largest absolute Gasteiger partial charge is 0.355 e. The van der Waals surface area contributed by atoms with Gasteiger partial charge in [0.1, 0.15) is 0 Å². The van der Waals surface area contributed by atoms with Crippen LogP contribution >= 0.6 is 0 Å². The number of rotatable bonds is 4. The van der Waals surface area contributed by atoms with Gasteiger partial charge < -0.3 is 5.32 Å². The molecule has 2 aromatic carbocycles. The molecule has 0 unspecified atom stereocenters. The van der Waals surface area contributed by atoms with Crippen molar-refractivity contribution in [1.29, 1.82) is 0 Å². The van der Waals surface area contributed by atoms with Crippen molar-refractivity contribution in [1.82, 2.24) is 5.32 Å². The summed E-state index contributed by atoms with van der Waals surface area (Å²) in [5, 5.41) is 2.61. The second kappa shape index (κ2) is 6.71. The summed E-state index contributed by atoms with van der Waals surface area (Å²) in [6, 6.07) is 15.8. The molecule has 1 amide bonds. The minimum Gasteiger partial charge on any atom is -0.355 e. The number of carbonyl (C=O) groups excluding carboxylic acids is 1. The van der Waals surface area contributed by atoms with E-state index in [-0.39, 0.29) is 5.91 Å². The zero-order chi connectivity index (χ0) is 15.2. The minimum atomic E-state index is -0.0686. The first-order chi connectivity index (χ1) is 10.1. The molecule has 2 aromatic rings. The Kier molecular flexibility index (Phi) is 4.72. The van der Waals surface area contributed by atoms with Crippen LogP contribution in [0, 0.1) is 0 Å². The maximum Gasteiger partial charge on any atom is 0.251 e. The Balaban J connectivity index is 2.10. The summed E-state index contributed by atoms with van der Waals surface area (Å²) in [5.74, 6) is -0.0686. The van der Waals surface area contributed by atoms with Crippen LogP contribution in [0.1, 0.15) is 34.0 Å². The molecule has 106 valence electrons. The van der Waals surface area contributed by atoms with Crippen molar-refractivity contribution in [2.24, 2.45) is 0 Å². The van der Waals surface area contributed by atoms with Gasteiger partial charge in [-0.2, -0.15) is 0 Å². The van der Waals surface area contributed by atoms with Crippen LogP contribution in [0.3, 0.4) is 0 Å². The highest BCUT2D eigenvalue weighted by Crippen LogP contribution is 2.14. The maximum atomic E-state index is 11.5. The number of hydrogen-bond acceptors (Lipinski definition) is 1. The predicted molar refractivity (Wildman–Crippen MR) is 89.9 cm³/mol. The zero-order valence-corrected chi connectivity index (χ0v) is 12.4. The molecule has 0 aliphatic carbocycles. The number of amides is 1. The molecule has 0 atom stereocenters. The van der Waals surface area contributed by atoms with Crippen molar-refractivity contribution in [3.63, 3.8) is 0 Å². The van der Waals surface area contributed by atoms with Gasteiger partial charge in [0.05, 0.1) is 0 Å². The molecule has 0 aliphatic rings. The van der Waals surface area contributed by atoms with Crippen molar-refractivity contribution < 1.29 is 4.79 Å². The van der Waals surface area contributed by atoms with E-state index in [0.717, 1.165) is 22.3 Å². The summed E-state index contributed by atoms with van der Waals surface area (Å²) in [6.07, 6.45) is 4.08. The van der Waals surface area contributed by atoms with Gasteiger partial charge in [0.25, 0.3) is 5.91 Å². The molecular weight excluding hydrogens is 258 g/mol. The standard InChI is InChI=1S/C19H19NO/c1-14(2)17-10-6-15(7-11-17)4-5-16-8-12-18(13-9-16)19(21)20-3/h4-13H,1H2,2-3H3,(H,20,21)/b5-4+. The third-order valence-corrected chi connectivity index (χ3v) is 3.27. The molecular formula is C19H19NO. The fraction of sp³-hybridized carbons (Fsp3) is 0.105. The van der Waals surface area contributed by atoms with Crippen LogP contribution in [-0.2, 0) is 0 Å². The van der Waals surface area contributed by atoms with E-state index < -0.39 is 0 Å². The molecule has 0 spiro atoms. The van der Waals surface area contributed by atoms with Crippen molar-refractivity contribution in [3.8, 4) is 0 Å². The monoisotopic (exact) mass is 277 g/mol. The molecule has 21 heavy (non-hydrogen) atoms. The number of hydrogen-bond donors (Lipinski definition) is 1. The molecule has 0 bridgehead atoms. The predicted octanol–water partition coefficient (Wildman–Crippen LogP) is 4.25. The van der Waals surface area contributed by atoms with Gasteiger partial charge in [-0.1, -0.05) is 60.7 Å². The lowest BCUT2D eigenvalue weighted by molar-refractivity contribution is 0.0963. The van der Waals surface area contributed by atoms with E-state index in [2.05, 4.69) is 42.2 Å². The Morgan fingerprint density at radius 2 is 1.33 bits per heavy atom. The number of carbonyl (C=O) groups is 1. The van der Waals surface area contributed by atoms with E-state index in [1.807, 2.05) is 37.3 Å². The summed E-state index contributed by atoms with van der Waals surface area (Å²) < 4.78 is 0. The molecule has 0 radical (unpaired) electrons. The fourth-order valence-electron chi connectivity index (χ4n) is 1.96. The van der Waals surface area contributed by atoms with Gasteiger partial charge in [0.15, 0.2) is 0 Å². The third-order valence-electron chi connectivity index (χ3n) is 3.27. The van der Waals surface area contributed by atoms with Crippen LogP contribution in [0.2, 0.25) is 0 Å². The number of nitrogens with one attached hydrogen (secondary N) is 1. The minimum absolute atomic E-state index is 0.0686. The van der Waals surface area contributed by atoms with Gasteiger partial charge in [-0.15, -0.1) is 0 Å². The van der Waals surface area contributed by atoms with Crippen molar-refractivity contribution >= 4 is 23.6 Å². The maximum absolute atomic E-state index is 11.5. The van der Waals surface area contributed by atoms with E-state index in [0.29, 0.717) is 5.56 Å². The summed E-state index contributed by atoms with van der Waals surface area (Å²) in [6.45, 7) is 5.93. The van der Waals surface area contributed by atoms with Crippen molar-refractivity contribution in [3.05, 3.63) is 77.4 Å². The van der Waals surface area contributed by atoms with E-state index >= 15 is 0 Å². The number of allylic oxidation sites excluding steroid dienone is 1. The van der Waals surface area contributed by atoms with Gasteiger partial charge in [0, 0.05) is 12.6 Å². The van der Waals surface area contributed by atoms with Gasteiger partial charge >= 0.3 is 0 Å². The average molecular weight is 277 g/mol. The first kappa shape index (κ1) is 14.8. The second-order valence-electron chi connectivity index (χ2n) is 4.94. The molecule has 1 N–H and O–H groups in total. The van der Waals surface area contributed by atoms with E-state index in [9.17, 15) is 4.79 Å². The molecule has 0 aromatic heterocycles. The molecule has 2 nitrogen and oxygen atoms in total. The molecule has 0 heterocycles. The molecule has 2 rings (SSSR count). The van der Waals surface area contributed by atoms with Crippen LogP contribution in [-0.4, -0.2) is 13.0 Å². The fourth-order valence-corrected chi connectivity index (χ4v) is 1.96. The van der Waals surface area contributed by atoms with Gasteiger partial charge in [-0.25, -0.2) is 0 Å². The Bertz CT molecular complexity index is 664. The Morgan fingerprint density at radius 1 is 0.905 bits per heavy atom. The topological polar surface area (TPSA) is 29.1 Å². The van der Waals surface area contributed by atoms with E-state index in [1.54, 1.807) is 7.05 Å². The highest BCUT2D eigenvalue weighted by Gasteiger charge is 2.00. The quantitative estimate of drug-likeness (QED) is 0.832. The first-order valence-electron chi connectivity index (χ1n) is 6.86. The van der Waals surface area contributed by atoms with Crippen LogP contribution in [0.5, 0.6) is 0 Å². The lowest BCUT2D eigenvalue weighted by Gasteiger charge is -2.01. The van der Waals surface area contributed by atoms with Gasteiger partial charge in [0.2, 0.25) is 0 Å². The summed E-state index contributed by atoms with van der Waals surface area (Å²) in [7, 11) is 1.63. The molecule has 0 fully saturated rings. The van der Waals surface area contributed by atoms with Crippen LogP contribution in [0.15, 0.2) is 55.1 Å². The van der Waals surface area contributed by atoms with Crippen LogP contribution < -0.4 is 5.32 Å². The van der Waals surface area contributed by atoms with Gasteiger partial charge in [-0.05, 0) is 35.7 Å². The van der Waals surface area contributed by atoms with E-state index in [4.69, 9.17) is 0 Å². The summed E-state index contributed by atoms with van der Waals surface area (Å²) in [5.41, 5.74) is 5.08. The second-order valence-corrected chi connectivity index (χ2v) is 4.94. The summed E-state index contributed by atoms with van der Waals surface area (Å²) >= 11 is 0. The first-order valence-corrected chi connectivity index (χ1v) is 6.86. The normalized spacial score (nSPS) is 10.6. The molecule has 0 saturated heterocycles. The van der Waals surface area contributed by atoms with Crippen LogP contribution in [0.4, 0.5) is 0 Å². The molecule has 0 aliphatic heterocycles. The van der Waals surface area contributed by atoms with E-state index in [1.165, 1.54) is 0 Å². The highest BCUT2D eigenvalue weighted by molar-refractivity contribution is 5.94. The summed E-state index contributed by atoms with van der Waals surface area (Å²) in [4.78, 5) is 11.5.